The molecule has 2 N–H and O–H groups in total. The normalized spacial score (nSPS) is 25.2. The molecule has 8 heteroatoms. The Morgan fingerprint density at radius 1 is 1.52 bits per heavy atom. The molecule has 1 saturated heterocycles. The van der Waals surface area contributed by atoms with E-state index < -0.39 is 27.8 Å². The number of benzene rings is 1. The van der Waals surface area contributed by atoms with Gasteiger partial charge in [0.05, 0.1) is 11.0 Å². The third-order valence-corrected chi connectivity index (χ3v) is 3.72. The number of hydrogen-bond acceptors (Lipinski definition) is 5. The van der Waals surface area contributed by atoms with Gasteiger partial charge >= 0.3 is 5.69 Å². The number of nitrogens with one attached hydrogen (secondary N) is 1. The van der Waals surface area contributed by atoms with E-state index in [1.165, 1.54) is 0 Å². The average Bonchev–Trinajstić information content (AvgIpc) is 2.72. The molecule has 0 aliphatic carbocycles. The van der Waals surface area contributed by atoms with Crippen LogP contribution in [-0.2, 0) is 11.3 Å². The third kappa shape index (κ3) is 3.34. The van der Waals surface area contributed by atoms with Gasteiger partial charge in [-0.25, -0.2) is 4.39 Å². The summed E-state index contributed by atoms with van der Waals surface area (Å²) in [5.41, 5.74) is -1.86. The molecule has 6 nitrogen and oxygen atoms in total. The third-order valence-electron chi connectivity index (χ3n) is 3.72. The number of aliphatic hydroxyl groups is 1. The van der Waals surface area contributed by atoms with Gasteiger partial charge in [0.2, 0.25) is 5.82 Å². The van der Waals surface area contributed by atoms with Crippen LogP contribution >= 0.6 is 0 Å². The van der Waals surface area contributed by atoms with Crippen molar-refractivity contribution >= 4 is 5.69 Å². The first-order valence-corrected chi connectivity index (χ1v) is 6.50. The van der Waals surface area contributed by atoms with Crippen molar-refractivity contribution in [2.75, 3.05) is 13.2 Å². The number of ether oxygens (including phenoxy) is 1. The predicted molar refractivity (Wildman–Crippen MR) is 69.7 cm³/mol. The fourth-order valence-electron chi connectivity index (χ4n) is 2.27. The van der Waals surface area contributed by atoms with Crippen LogP contribution in [0.4, 0.5) is 14.5 Å². The Kier molecular flexibility index (Phi) is 4.50. The van der Waals surface area contributed by atoms with Crippen molar-refractivity contribution in [3.05, 3.63) is 39.4 Å². The molecule has 0 radical (unpaired) electrons. The summed E-state index contributed by atoms with van der Waals surface area (Å²) in [6.45, 7) is 2.27. The smallest absolute Gasteiger partial charge is 0.305 e. The van der Waals surface area contributed by atoms with Gasteiger partial charge in [-0.05, 0) is 6.92 Å². The first kappa shape index (κ1) is 15.7. The van der Waals surface area contributed by atoms with Crippen LogP contribution in [0.15, 0.2) is 12.1 Å². The second-order valence-electron chi connectivity index (χ2n) is 5.12. The second kappa shape index (κ2) is 6.00. The standard InChI is InChI=1S/C13H16F2N2O4/c1-8-13(18,2-3-21-8)7-16-6-9-4-12(17(19)20)11(15)5-10(9)14/h4-5,8,16,18H,2-3,6-7H2,1H3. The Labute approximate surface area is 119 Å². The lowest BCUT2D eigenvalue weighted by molar-refractivity contribution is -0.387. The fourth-order valence-corrected chi connectivity index (χ4v) is 2.27. The number of hydrogen-bond donors (Lipinski definition) is 2. The van der Waals surface area contributed by atoms with Crippen LogP contribution in [0.5, 0.6) is 0 Å². The Morgan fingerprint density at radius 3 is 2.81 bits per heavy atom. The van der Waals surface area contributed by atoms with Gasteiger partial charge in [0.15, 0.2) is 0 Å². The number of nitrogens with zero attached hydrogens (tertiary/aromatic N) is 1. The minimum Gasteiger partial charge on any atom is -0.386 e. The lowest BCUT2D eigenvalue weighted by Crippen LogP contribution is -2.45. The summed E-state index contributed by atoms with van der Waals surface area (Å²) >= 11 is 0. The van der Waals surface area contributed by atoms with E-state index in [2.05, 4.69) is 5.32 Å². The van der Waals surface area contributed by atoms with Gasteiger partial charge in [0.25, 0.3) is 0 Å². The van der Waals surface area contributed by atoms with Crippen LogP contribution in [0.25, 0.3) is 0 Å². The maximum atomic E-state index is 13.6. The molecule has 1 aliphatic rings. The van der Waals surface area contributed by atoms with E-state index in [1.54, 1.807) is 6.92 Å². The molecule has 1 aliphatic heterocycles. The summed E-state index contributed by atoms with van der Waals surface area (Å²) < 4.78 is 32.0. The van der Waals surface area contributed by atoms with Gasteiger partial charge in [0.1, 0.15) is 11.4 Å². The first-order chi connectivity index (χ1) is 9.83. The zero-order valence-electron chi connectivity index (χ0n) is 11.4. The van der Waals surface area contributed by atoms with E-state index in [0.29, 0.717) is 19.1 Å². The predicted octanol–water partition coefficient (Wildman–Crippen LogP) is 1.50. The maximum Gasteiger partial charge on any atom is 0.305 e. The molecular weight excluding hydrogens is 286 g/mol. The molecule has 1 aromatic rings. The average molecular weight is 302 g/mol. The monoisotopic (exact) mass is 302 g/mol. The molecule has 1 aromatic carbocycles. The second-order valence-corrected chi connectivity index (χ2v) is 5.12. The Bertz CT molecular complexity index is 555. The number of nitro benzene ring substituents is 1. The van der Waals surface area contributed by atoms with Crippen molar-refractivity contribution in [3.63, 3.8) is 0 Å². The van der Waals surface area contributed by atoms with Crippen LogP contribution < -0.4 is 5.32 Å². The summed E-state index contributed by atoms with van der Waals surface area (Å²) in [6, 6.07) is 1.35. The lowest BCUT2D eigenvalue weighted by Gasteiger charge is -2.26. The molecule has 2 unspecified atom stereocenters. The highest BCUT2D eigenvalue weighted by molar-refractivity contribution is 5.37. The van der Waals surface area contributed by atoms with Gasteiger partial charge < -0.3 is 15.2 Å². The number of halogens is 2. The van der Waals surface area contributed by atoms with Gasteiger partial charge in [-0.15, -0.1) is 0 Å². The van der Waals surface area contributed by atoms with Crippen LogP contribution in [0.1, 0.15) is 18.9 Å². The molecule has 1 heterocycles. The highest BCUT2D eigenvalue weighted by atomic mass is 19.1. The van der Waals surface area contributed by atoms with Crippen LogP contribution in [0, 0.1) is 21.7 Å². The minimum atomic E-state index is -1.21. The molecule has 21 heavy (non-hydrogen) atoms. The quantitative estimate of drug-likeness (QED) is 0.636. The lowest BCUT2D eigenvalue weighted by atomic mass is 9.96. The molecule has 0 aromatic heterocycles. The molecular formula is C13H16F2N2O4. The van der Waals surface area contributed by atoms with Crippen LogP contribution in [0.2, 0.25) is 0 Å². The summed E-state index contributed by atoms with van der Waals surface area (Å²) in [4.78, 5) is 9.72. The summed E-state index contributed by atoms with van der Waals surface area (Å²) in [7, 11) is 0. The first-order valence-electron chi connectivity index (χ1n) is 6.50. The van der Waals surface area contributed by atoms with Gasteiger partial charge in [-0.1, -0.05) is 0 Å². The fraction of sp³-hybridized carbons (Fsp3) is 0.538. The Morgan fingerprint density at radius 2 is 2.24 bits per heavy atom. The van der Waals surface area contributed by atoms with E-state index in [9.17, 15) is 24.0 Å². The van der Waals surface area contributed by atoms with Crippen molar-refractivity contribution in [1.82, 2.24) is 5.32 Å². The zero-order valence-corrected chi connectivity index (χ0v) is 11.4. The molecule has 2 atom stereocenters. The Hall–Kier alpha value is -1.64. The van der Waals surface area contributed by atoms with E-state index in [-0.39, 0.29) is 24.8 Å². The minimum absolute atomic E-state index is 0.0294. The molecule has 0 bridgehead atoms. The Balaban J connectivity index is 2.03. The SMILES string of the molecule is CC1OCCC1(O)CNCc1cc([N+](=O)[O-])c(F)cc1F. The van der Waals surface area contributed by atoms with E-state index >= 15 is 0 Å². The van der Waals surface area contributed by atoms with Gasteiger partial charge in [0, 0.05) is 43.8 Å². The van der Waals surface area contributed by atoms with Crippen molar-refractivity contribution < 1.29 is 23.5 Å². The molecule has 116 valence electrons. The van der Waals surface area contributed by atoms with E-state index in [4.69, 9.17) is 4.74 Å². The van der Waals surface area contributed by atoms with E-state index in [0.717, 1.165) is 6.07 Å². The molecule has 2 rings (SSSR count). The summed E-state index contributed by atoms with van der Waals surface area (Å²) in [6.07, 6.45) is 0.102. The van der Waals surface area contributed by atoms with Crippen LogP contribution in [0.3, 0.4) is 0 Å². The topological polar surface area (TPSA) is 84.6 Å². The highest BCUT2D eigenvalue weighted by Crippen LogP contribution is 2.25. The molecule has 0 saturated carbocycles. The highest BCUT2D eigenvalue weighted by Gasteiger charge is 2.39. The van der Waals surface area contributed by atoms with Crippen molar-refractivity contribution in [3.8, 4) is 0 Å². The van der Waals surface area contributed by atoms with Crippen molar-refractivity contribution in [2.24, 2.45) is 0 Å². The summed E-state index contributed by atoms with van der Waals surface area (Å²) in [5.74, 6) is -2.08. The number of nitro groups is 1. The van der Waals surface area contributed by atoms with Crippen LogP contribution in [-0.4, -0.2) is 34.9 Å². The van der Waals surface area contributed by atoms with Gasteiger partial charge in [-0.3, -0.25) is 10.1 Å². The van der Waals surface area contributed by atoms with E-state index in [1.807, 2.05) is 0 Å². The van der Waals surface area contributed by atoms with Crippen molar-refractivity contribution in [2.45, 2.75) is 31.6 Å². The summed E-state index contributed by atoms with van der Waals surface area (Å²) in [5, 5.41) is 23.7. The van der Waals surface area contributed by atoms with Gasteiger partial charge in [-0.2, -0.15) is 4.39 Å². The number of rotatable bonds is 5. The van der Waals surface area contributed by atoms with Crippen molar-refractivity contribution in [1.29, 1.82) is 0 Å². The largest absolute Gasteiger partial charge is 0.386 e. The molecule has 0 spiro atoms. The molecule has 1 fully saturated rings. The molecule has 0 amide bonds. The maximum absolute atomic E-state index is 13.6. The zero-order chi connectivity index (χ0) is 15.6.